The smallest absolute Gasteiger partial charge is 0.319 e. The Morgan fingerprint density at radius 2 is 2.16 bits per heavy atom. The highest BCUT2D eigenvalue weighted by atomic mass is 16.5. The number of anilines is 1. The lowest BCUT2D eigenvalue weighted by Crippen LogP contribution is -2.37. The summed E-state index contributed by atoms with van der Waals surface area (Å²) in [6, 6.07) is 7.01. The van der Waals surface area contributed by atoms with E-state index in [2.05, 4.69) is 24.5 Å². The average Bonchev–Trinajstić information content (AvgIpc) is 2.37. The van der Waals surface area contributed by atoms with Gasteiger partial charge < -0.3 is 21.1 Å². The zero-order valence-corrected chi connectivity index (χ0v) is 11.8. The monoisotopic (exact) mass is 265 g/mol. The van der Waals surface area contributed by atoms with Crippen LogP contribution >= 0.6 is 0 Å². The molecule has 19 heavy (non-hydrogen) atoms. The van der Waals surface area contributed by atoms with Crippen molar-refractivity contribution < 1.29 is 9.53 Å². The van der Waals surface area contributed by atoms with Crippen molar-refractivity contribution >= 4 is 11.7 Å². The van der Waals surface area contributed by atoms with E-state index in [1.807, 2.05) is 18.2 Å². The Kier molecular flexibility index (Phi) is 5.63. The minimum absolute atomic E-state index is 0.000464. The molecule has 0 aromatic heterocycles. The standard InChI is InChI=1S/C14H23N3O2/c1-14(2,7-8-15)10-16-13(18)17-11-5-4-6-12(9-11)19-3/h4-6,9H,7-8,10,15H2,1-3H3,(H2,16,17,18). The van der Waals surface area contributed by atoms with E-state index in [1.54, 1.807) is 13.2 Å². The number of benzene rings is 1. The van der Waals surface area contributed by atoms with Gasteiger partial charge in [-0.1, -0.05) is 19.9 Å². The van der Waals surface area contributed by atoms with E-state index in [1.165, 1.54) is 0 Å². The second kappa shape index (κ2) is 6.99. The Bertz CT molecular complexity index is 419. The molecule has 5 nitrogen and oxygen atoms in total. The molecular formula is C14H23N3O2. The number of rotatable bonds is 6. The van der Waals surface area contributed by atoms with Crippen LogP contribution in [-0.4, -0.2) is 26.2 Å². The van der Waals surface area contributed by atoms with Crippen LogP contribution in [0.25, 0.3) is 0 Å². The fourth-order valence-corrected chi connectivity index (χ4v) is 1.67. The van der Waals surface area contributed by atoms with Gasteiger partial charge in [0, 0.05) is 18.3 Å². The lowest BCUT2D eigenvalue weighted by molar-refractivity contribution is 0.243. The largest absolute Gasteiger partial charge is 0.497 e. The number of methoxy groups -OCH3 is 1. The van der Waals surface area contributed by atoms with Crippen molar-refractivity contribution in [3.05, 3.63) is 24.3 Å². The minimum Gasteiger partial charge on any atom is -0.497 e. The van der Waals surface area contributed by atoms with Crippen molar-refractivity contribution in [2.75, 3.05) is 25.5 Å². The van der Waals surface area contributed by atoms with Gasteiger partial charge in [-0.25, -0.2) is 4.79 Å². The molecule has 0 bridgehead atoms. The SMILES string of the molecule is COc1cccc(NC(=O)NCC(C)(C)CCN)c1. The van der Waals surface area contributed by atoms with Gasteiger partial charge in [0.2, 0.25) is 0 Å². The Morgan fingerprint density at radius 3 is 2.79 bits per heavy atom. The molecule has 0 unspecified atom stereocenters. The molecular weight excluding hydrogens is 242 g/mol. The number of hydrogen-bond donors (Lipinski definition) is 3. The van der Waals surface area contributed by atoms with Crippen LogP contribution in [0.2, 0.25) is 0 Å². The molecule has 0 saturated heterocycles. The molecule has 1 rings (SSSR count). The summed E-state index contributed by atoms with van der Waals surface area (Å²) in [6.07, 6.45) is 0.867. The van der Waals surface area contributed by atoms with Gasteiger partial charge in [0.15, 0.2) is 0 Å². The summed E-state index contributed by atoms with van der Waals surface area (Å²) in [5, 5.41) is 5.62. The third-order valence-corrected chi connectivity index (χ3v) is 2.88. The molecule has 1 aromatic carbocycles. The van der Waals surface area contributed by atoms with Gasteiger partial charge in [-0.2, -0.15) is 0 Å². The molecule has 4 N–H and O–H groups in total. The molecule has 0 aliphatic rings. The molecule has 0 fully saturated rings. The number of nitrogens with two attached hydrogens (primary N) is 1. The third-order valence-electron chi connectivity index (χ3n) is 2.88. The van der Waals surface area contributed by atoms with Crippen LogP contribution in [0.3, 0.4) is 0 Å². The number of urea groups is 1. The number of amides is 2. The van der Waals surface area contributed by atoms with Crippen molar-refractivity contribution in [1.82, 2.24) is 5.32 Å². The first-order valence-electron chi connectivity index (χ1n) is 6.36. The highest BCUT2D eigenvalue weighted by molar-refractivity contribution is 5.89. The van der Waals surface area contributed by atoms with Crippen molar-refractivity contribution in [3.8, 4) is 5.75 Å². The van der Waals surface area contributed by atoms with E-state index in [0.717, 1.165) is 6.42 Å². The topological polar surface area (TPSA) is 76.4 Å². The summed E-state index contributed by atoms with van der Waals surface area (Å²) in [6.45, 7) is 5.35. The van der Waals surface area contributed by atoms with Gasteiger partial charge in [0.25, 0.3) is 0 Å². The first-order valence-corrected chi connectivity index (χ1v) is 6.36. The Morgan fingerprint density at radius 1 is 1.42 bits per heavy atom. The predicted molar refractivity (Wildman–Crippen MR) is 77.5 cm³/mol. The highest BCUT2D eigenvalue weighted by Crippen LogP contribution is 2.18. The number of hydrogen-bond acceptors (Lipinski definition) is 3. The van der Waals surface area contributed by atoms with Crippen LogP contribution in [0, 0.1) is 5.41 Å². The first-order chi connectivity index (χ1) is 8.96. The van der Waals surface area contributed by atoms with E-state index in [-0.39, 0.29) is 11.4 Å². The van der Waals surface area contributed by atoms with Gasteiger partial charge in [0.05, 0.1) is 7.11 Å². The van der Waals surface area contributed by atoms with Crippen LogP contribution in [0.4, 0.5) is 10.5 Å². The van der Waals surface area contributed by atoms with Gasteiger partial charge in [-0.05, 0) is 30.5 Å². The Labute approximate surface area is 114 Å². The Balaban J connectivity index is 2.46. The normalized spacial score (nSPS) is 10.9. The van der Waals surface area contributed by atoms with E-state index in [4.69, 9.17) is 10.5 Å². The molecule has 0 aliphatic carbocycles. The number of carbonyl (C=O) groups is 1. The maximum Gasteiger partial charge on any atom is 0.319 e. The van der Waals surface area contributed by atoms with E-state index < -0.39 is 0 Å². The number of nitrogens with one attached hydrogen (secondary N) is 2. The van der Waals surface area contributed by atoms with Crippen LogP contribution in [0.5, 0.6) is 5.75 Å². The molecule has 0 radical (unpaired) electrons. The highest BCUT2D eigenvalue weighted by Gasteiger charge is 2.17. The summed E-state index contributed by atoms with van der Waals surface area (Å²) in [5.74, 6) is 0.710. The molecule has 1 aromatic rings. The maximum absolute atomic E-state index is 11.8. The molecule has 0 atom stereocenters. The summed E-state index contributed by atoms with van der Waals surface area (Å²) < 4.78 is 5.10. The lowest BCUT2D eigenvalue weighted by atomic mass is 9.89. The molecule has 0 spiro atoms. The zero-order valence-electron chi connectivity index (χ0n) is 11.8. The fourth-order valence-electron chi connectivity index (χ4n) is 1.67. The second-order valence-electron chi connectivity index (χ2n) is 5.24. The van der Waals surface area contributed by atoms with E-state index in [9.17, 15) is 4.79 Å². The van der Waals surface area contributed by atoms with Crippen molar-refractivity contribution in [3.63, 3.8) is 0 Å². The van der Waals surface area contributed by atoms with Crippen molar-refractivity contribution in [2.24, 2.45) is 11.1 Å². The number of carbonyl (C=O) groups excluding carboxylic acids is 1. The van der Waals surface area contributed by atoms with Crippen LogP contribution in [0.15, 0.2) is 24.3 Å². The molecule has 5 heteroatoms. The molecule has 0 heterocycles. The van der Waals surface area contributed by atoms with Gasteiger partial charge in [0.1, 0.15) is 5.75 Å². The molecule has 0 saturated carbocycles. The summed E-state index contributed by atoms with van der Waals surface area (Å²) in [4.78, 5) is 11.8. The predicted octanol–water partition coefficient (Wildman–Crippen LogP) is 2.19. The van der Waals surface area contributed by atoms with Gasteiger partial charge in [-0.15, -0.1) is 0 Å². The van der Waals surface area contributed by atoms with E-state index >= 15 is 0 Å². The van der Waals surface area contributed by atoms with Gasteiger partial charge in [-0.3, -0.25) is 0 Å². The fraction of sp³-hybridized carbons (Fsp3) is 0.500. The van der Waals surface area contributed by atoms with Gasteiger partial charge >= 0.3 is 6.03 Å². The second-order valence-corrected chi connectivity index (χ2v) is 5.24. The third kappa shape index (κ3) is 5.61. The van der Waals surface area contributed by atoms with E-state index in [0.29, 0.717) is 24.5 Å². The molecule has 0 aliphatic heterocycles. The quantitative estimate of drug-likeness (QED) is 0.738. The van der Waals surface area contributed by atoms with Crippen LogP contribution in [-0.2, 0) is 0 Å². The zero-order chi connectivity index (χ0) is 14.3. The minimum atomic E-state index is -0.224. The van der Waals surface area contributed by atoms with Crippen molar-refractivity contribution in [2.45, 2.75) is 20.3 Å². The summed E-state index contributed by atoms with van der Waals surface area (Å²) in [5.41, 5.74) is 6.24. The average molecular weight is 265 g/mol. The molecule has 2 amide bonds. The summed E-state index contributed by atoms with van der Waals surface area (Å²) >= 11 is 0. The maximum atomic E-state index is 11.8. The molecule has 106 valence electrons. The lowest BCUT2D eigenvalue weighted by Gasteiger charge is -2.24. The van der Waals surface area contributed by atoms with Crippen LogP contribution < -0.4 is 21.1 Å². The first kappa shape index (κ1) is 15.3. The Hall–Kier alpha value is -1.75. The van der Waals surface area contributed by atoms with Crippen LogP contribution in [0.1, 0.15) is 20.3 Å². The summed E-state index contributed by atoms with van der Waals surface area (Å²) in [7, 11) is 1.59. The van der Waals surface area contributed by atoms with Crippen molar-refractivity contribution in [1.29, 1.82) is 0 Å². The number of ether oxygens (including phenoxy) is 1.